The quantitative estimate of drug-likeness (QED) is 0.711. The standard InChI is InChI=1S/C20H27BrN2O/c1-24-20-5-4-19(21)12-18(20)14-23-8-6-22(7-9-23)13-17-11-15-2-3-16(17)10-15/h2-5,12,15-17H,6-11,13-14H2,1H3/t15-,16-,17+/m0/s1. The van der Waals surface area contributed by atoms with Gasteiger partial charge in [0, 0.05) is 49.3 Å². The van der Waals surface area contributed by atoms with E-state index in [9.17, 15) is 0 Å². The Morgan fingerprint density at radius 1 is 1.08 bits per heavy atom. The zero-order valence-corrected chi connectivity index (χ0v) is 16.0. The number of nitrogens with zero attached hydrogens (tertiary/aromatic N) is 2. The maximum Gasteiger partial charge on any atom is 0.123 e. The molecule has 3 atom stereocenters. The van der Waals surface area contributed by atoms with Crippen molar-refractivity contribution in [1.82, 2.24) is 9.80 Å². The van der Waals surface area contributed by atoms with E-state index >= 15 is 0 Å². The third-order valence-electron chi connectivity index (χ3n) is 6.01. The van der Waals surface area contributed by atoms with Crippen LogP contribution >= 0.6 is 15.9 Å². The third kappa shape index (κ3) is 3.56. The van der Waals surface area contributed by atoms with Gasteiger partial charge < -0.3 is 9.64 Å². The van der Waals surface area contributed by atoms with Crippen LogP contribution in [0.2, 0.25) is 0 Å². The van der Waals surface area contributed by atoms with Gasteiger partial charge in [-0.05, 0) is 48.8 Å². The van der Waals surface area contributed by atoms with Crippen LogP contribution in [-0.4, -0.2) is 49.6 Å². The predicted octanol–water partition coefficient (Wildman–Crippen LogP) is 3.79. The lowest BCUT2D eigenvalue weighted by Gasteiger charge is -2.37. The van der Waals surface area contributed by atoms with Crippen LogP contribution in [0.5, 0.6) is 5.75 Å². The number of methoxy groups -OCH3 is 1. The van der Waals surface area contributed by atoms with Gasteiger partial charge in [-0.3, -0.25) is 4.90 Å². The molecule has 1 aliphatic heterocycles. The van der Waals surface area contributed by atoms with Gasteiger partial charge in [-0.1, -0.05) is 28.1 Å². The molecular weight excluding hydrogens is 364 g/mol. The first-order chi connectivity index (χ1) is 11.7. The fraction of sp³-hybridized carbons (Fsp3) is 0.600. The van der Waals surface area contributed by atoms with Gasteiger partial charge in [-0.15, -0.1) is 0 Å². The molecule has 0 radical (unpaired) electrons. The average Bonchev–Trinajstić information content (AvgIpc) is 3.20. The van der Waals surface area contributed by atoms with E-state index in [2.05, 4.69) is 50.0 Å². The van der Waals surface area contributed by atoms with Crippen LogP contribution in [0.15, 0.2) is 34.8 Å². The minimum absolute atomic E-state index is 0.874. The van der Waals surface area contributed by atoms with E-state index in [0.29, 0.717) is 0 Å². The number of hydrogen-bond acceptors (Lipinski definition) is 3. The molecule has 0 spiro atoms. The maximum atomic E-state index is 5.52. The van der Waals surface area contributed by atoms with Gasteiger partial charge in [0.25, 0.3) is 0 Å². The molecule has 4 heteroatoms. The molecular formula is C20H27BrN2O. The molecule has 3 nitrogen and oxygen atoms in total. The molecule has 24 heavy (non-hydrogen) atoms. The van der Waals surface area contributed by atoms with Gasteiger partial charge in [0.05, 0.1) is 7.11 Å². The number of rotatable bonds is 5. The molecule has 4 rings (SSSR count). The summed E-state index contributed by atoms with van der Waals surface area (Å²) >= 11 is 3.58. The van der Waals surface area contributed by atoms with Crippen LogP contribution in [0.4, 0.5) is 0 Å². The zero-order chi connectivity index (χ0) is 16.5. The highest BCUT2D eigenvalue weighted by Gasteiger charge is 2.36. The molecule has 2 aliphatic carbocycles. The molecule has 1 heterocycles. The van der Waals surface area contributed by atoms with Crippen molar-refractivity contribution < 1.29 is 4.74 Å². The Morgan fingerprint density at radius 2 is 1.88 bits per heavy atom. The summed E-state index contributed by atoms with van der Waals surface area (Å²) in [6, 6.07) is 6.29. The summed E-state index contributed by atoms with van der Waals surface area (Å²) in [7, 11) is 1.76. The molecule has 0 aromatic heterocycles. The summed E-state index contributed by atoms with van der Waals surface area (Å²) in [5.74, 6) is 3.68. The summed E-state index contributed by atoms with van der Waals surface area (Å²) in [4.78, 5) is 5.25. The molecule has 2 fully saturated rings. The molecule has 1 saturated heterocycles. The average molecular weight is 391 g/mol. The number of piperazine rings is 1. The Morgan fingerprint density at radius 3 is 2.54 bits per heavy atom. The fourth-order valence-corrected chi connectivity index (χ4v) is 5.09. The summed E-state index contributed by atoms with van der Waals surface area (Å²) in [5.41, 5.74) is 1.28. The Hall–Kier alpha value is -0.840. The van der Waals surface area contributed by atoms with Crippen LogP contribution in [-0.2, 0) is 6.54 Å². The minimum Gasteiger partial charge on any atom is -0.496 e. The second-order valence-electron chi connectivity index (χ2n) is 7.57. The number of halogens is 1. The molecule has 130 valence electrons. The van der Waals surface area contributed by atoms with E-state index < -0.39 is 0 Å². The normalized spacial score (nSPS) is 30.2. The smallest absolute Gasteiger partial charge is 0.123 e. The molecule has 0 amide bonds. The number of allylic oxidation sites excluding steroid dienone is 2. The zero-order valence-electron chi connectivity index (χ0n) is 14.5. The molecule has 2 bridgehead atoms. The van der Waals surface area contributed by atoms with Gasteiger partial charge in [0.1, 0.15) is 5.75 Å². The van der Waals surface area contributed by atoms with Gasteiger partial charge in [-0.2, -0.15) is 0 Å². The topological polar surface area (TPSA) is 15.7 Å². The second-order valence-corrected chi connectivity index (χ2v) is 8.49. The van der Waals surface area contributed by atoms with Crippen LogP contribution in [0.3, 0.4) is 0 Å². The highest BCUT2D eigenvalue weighted by molar-refractivity contribution is 9.10. The largest absolute Gasteiger partial charge is 0.496 e. The van der Waals surface area contributed by atoms with Gasteiger partial charge in [0.15, 0.2) is 0 Å². The van der Waals surface area contributed by atoms with Crippen LogP contribution in [0.1, 0.15) is 18.4 Å². The Kier molecular flexibility index (Phi) is 4.98. The van der Waals surface area contributed by atoms with Crippen LogP contribution < -0.4 is 4.74 Å². The van der Waals surface area contributed by atoms with Crippen molar-refractivity contribution in [3.63, 3.8) is 0 Å². The van der Waals surface area contributed by atoms with E-state index in [1.54, 1.807) is 7.11 Å². The number of fused-ring (bicyclic) bond motifs is 2. The van der Waals surface area contributed by atoms with E-state index in [1.165, 1.54) is 38.0 Å². The van der Waals surface area contributed by atoms with E-state index in [1.807, 2.05) is 6.07 Å². The molecule has 1 aromatic carbocycles. The summed E-state index contributed by atoms with van der Waals surface area (Å²) in [6.45, 7) is 7.01. The lowest BCUT2D eigenvalue weighted by atomic mass is 9.93. The summed E-state index contributed by atoms with van der Waals surface area (Å²) in [5, 5.41) is 0. The summed E-state index contributed by atoms with van der Waals surface area (Å²) < 4.78 is 6.64. The van der Waals surface area contributed by atoms with Crippen molar-refractivity contribution in [3.8, 4) is 5.75 Å². The first-order valence-corrected chi connectivity index (χ1v) is 9.96. The lowest BCUT2D eigenvalue weighted by molar-refractivity contribution is 0.108. The Bertz CT molecular complexity index is 610. The first-order valence-electron chi connectivity index (χ1n) is 9.16. The third-order valence-corrected chi connectivity index (χ3v) is 6.50. The number of ether oxygens (including phenoxy) is 1. The van der Waals surface area contributed by atoms with Crippen molar-refractivity contribution in [2.24, 2.45) is 17.8 Å². The molecule has 1 aromatic rings. The van der Waals surface area contributed by atoms with Crippen LogP contribution in [0.25, 0.3) is 0 Å². The van der Waals surface area contributed by atoms with Gasteiger partial charge in [0.2, 0.25) is 0 Å². The van der Waals surface area contributed by atoms with Gasteiger partial charge in [-0.25, -0.2) is 0 Å². The lowest BCUT2D eigenvalue weighted by Crippen LogP contribution is -2.47. The molecule has 3 aliphatic rings. The monoisotopic (exact) mass is 390 g/mol. The van der Waals surface area contributed by atoms with Crippen molar-refractivity contribution >= 4 is 15.9 Å². The number of hydrogen-bond donors (Lipinski definition) is 0. The van der Waals surface area contributed by atoms with Crippen molar-refractivity contribution in [1.29, 1.82) is 0 Å². The fourth-order valence-electron chi connectivity index (χ4n) is 4.68. The SMILES string of the molecule is COc1ccc(Br)cc1CN1CCN(C[C@H]2C[C@H]3C=C[C@H]2C3)CC1. The first kappa shape index (κ1) is 16.6. The minimum atomic E-state index is 0.874. The van der Waals surface area contributed by atoms with Crippen molar-refractivity contribution in [2.75, 3.05) is 39.8 Å². The van der Waals surface area contributed by atoms with Crippen molar-refractivity contribution in [2.45, 2.75) is 19.4 Å². The molecule has 0 N–H and O–H groups in total. The van der Waals surface area contributed by atoms with Crippen LogP contribution in [0, 0.1) is 17.8 Å². The summed E-state index contributed by atoms with van der Waals surface area (Å²) in [6.07, 6.45) is 7.78. The maximum absolute atomic E-state index is 5.52. The molecule has 1 saturated carbocycles. The molecule has 0 unspecified atom stereocenters. The highest BCUT2D eigenvalue weighted by Crippen LogP contribution is 2.43. The van der Waals surface area contributed by atoms with Crippen molar-refractivity contribution in [3.05, 3.63) is 40.4 Å². The highest BCUT2D eigenvalue weighted by atomic mass is 79.9. The Labute approximate surface area is 153 Å². The van der Waals surface area contributed by atoms with Gasteiger partial charge >= 0.3 is 0 Å². The van der Waals surface area contributed by atoms with E-state index in [0.717, 1.165) is 47.6 Å². The van der Waals surface area contributed by atoms with E-state index in [4.69, 9.17) is 4.74 Å². The predicted molar refractivity (Wildman–Crippen MR) is 101 cm³/mol. The Balaban J connectivity index is 1.29. The van der Waals surface area contributed by atoms with E-state index in [-0.39, 0.29) is 0 Å². The second kappa shape index (κ2) is 7.19. The number of benzene rings is 1.